The van der Waals surface area contributed by atoms with Crippen molar-refractivity contribution in [3.63, 3.8) is 0 Å². The van der Waals surface area contributed by atoms with Gasteiger partial charge in [0.2, 0.25) is 0 Å². The fourth-order valence-electron chi connectivity index (χ4n) is 3.36. The zero-order chi connectivity index (χ0) is 14.8. The lowest BCUT2D eigenvalue weighted by atomic mass is 9.87. The van der Waals surface area contributed by atoms with Crippen LogP contribution < -0.4 is 5.32 Å². The summed E-state index contributed by atoms with van der Waals surface area (Å²) in [6.07, 6.45) is 5.08. The maximum Gasteiger partial charge on any atom is 0.127 e. The largest absolute Gasteiger partial charge is 0.508 e. The SMILES string of the molecule is CC1CCCC(NCc2ccc3cc(O)ccc3c2O)C1.Cl.Cl. The molecule has 128 valence electrons. The molecule has 1 aliphatic rings. The fraction of sp³-hybridized carbons (Fsp3) is 0.444. The van der Waals surface area contributed by atoms with Crippen LogP contribution in [0.15, 0.2) is 30.3 Å². The van der Waals surface area contributed by atoms with E-state index < -0.39 is 0 Å². The molecule has 0 aromatic heterocycles. The first kappa shape index (κ1) is 19.9. The minimum Gasteiger partial charge on any atom is -0.508 e. The Morgan fingerprint density at radius 2 is 1.87 bits per heavy atom. The highest BCUT2D eigenvalue weighted by molar-refractivity contribution is 5.90. The van der Waals surface area contributed by atoms with Gasteiger partial charge in [0.25, 0.3) is 0 Å². The second kappa shape index (κ2) is 8.62. The van der Waals surface area contributed by atoms with Crippen LogP contribution in [0.1, 0.15) is 38.2 Å². The number of phenols is 2. The number of hydrogen-bond donors (Lipinski definition) is 3. The van der Waals surface area contributed by atoms with Crippen molar-refractivity contribution >= 4 is 35.6 Å². The minimum atomic E-state index is 0. The normalized spacial score (nSPS) is 20.6. The van der Waals surface area contributed by atoms with Gasteiger partial charge in [-0.3, -0.25) is 0 Å². The highest BCUT2D eigenvalue weighted by atomic mass is 35.5. The van der Waals surface area contributed by atoms with Crippen molar-refractivity contribution in [2.24, 2.45) is 5.92 Å². The number of hydrogen-bond acceptors (Lipinski definition) is 3. The third kappa shape index (κ3) is 4.66. The third-order valence-electron chi connectivity index (χ3n) is 4.58. The predicted molar refractivity (Wildman–Crippen MR) is 100 cm³/mol. The molecule has 3 nitrogen and oxygen atoms in total. The first-order valence-electron chi connectivity index (χ1n) is 7.80. The summed E-state index contributed by atoms with van der Waals surface area (Å²) in [6, 6.07) is 9.51. The van der Waals surface area contributed by atoms with Crippen LogP contribution in [0.5, 0.6) is 11.5 Å². The van der Waals surface area contributed by atoms with E-state index >= 15 is 0 Å². The van der Waals surface area contributed by atoms with Crippen molar-refractivity contribution in [2.75, 3.05) is 0 Å². The summed E-state index contributed by atoms with van der Waals surface area (Å²) in [6.45, 7) is 3.01. The van der Waals surface area contributed by atoms with Gasteiger partial charge in [-0.15, -0.1) is 24.8 Å². The quantitative estimate of drug-likeness (QED) is 0.741. The van der Waals surface area contributed by atoms with Gasteiger partial charge in [0, 0.05) is 23.5 Å². The van der Waals surface area contributed by atoms with Crippen LogP contribution >= 0.6 is 24.8 Å². The Kier molecular flexibility index (Phi) is 7.46. The molecular formula is C18H25Cl2NO2. The second-order valence-corrected chi connectivity index (χ2v) is 6.33. The van der Waals surface area contributed by atoms with Crippen LogP contribution in [0, 0.1) is 5.92 Å². The molecule has 2 aromatic rings. The molecule has 2 unspecified atom stereocenters. The average Bonchev–Trinajstić information content (AvgIpc) is 2.46. The monoisotopic (exact) mass is 357 g/mol. The molecule has 0 spiro atoms. The smallest absolute Gasteiger partial charge is 0.127 e. The molecule has 0 heterocycles. The molecule has 2 atom stereocenters. The zero-order valence-electron chi connectivity index (χ0n) is 13.3. The zero-order valence-corrected chi connectivity index (χ0v) is 14.9. The van der Waals surface area contributed by atoms with Gasteiger partial charge in [-0.25, -0.2) is 0 Å². The van der Waals surface area contributed by atoms with E-state index in [1.807, 2.05) is 12.1 Å². The second-order valence-electron chi connectivity index (χ2n) is 6.33. The van der Waals surface area contributed by atoms with E-state index in [4.69, 9.17) is 0 Å². The van der Waals surface area contributed by atoms with E-state index in [0.717, 1.165) is 22.3 Å². The number of rotatable bonds is 3. The number of phenolic OH excluding ortho intramolecular Hbond substituents is 2. The predicted octanol–water partition coefficient (Wildman–Crippen LogP) is 4.76. The van der Waals surface area contributed by atoms with Gasteiger partial charge in [0.15, 0.2) is 0 Å². The molecule has 23 heavy (non-hydrogen) atoms. The maximum atomic E-state index is 10.4. The third-order valence-corrected chi connectivity index (χ3v) is 4.58. The van der Waals surface area contributed by atoms with E-state index in [-0.39, 0.29) is 30.6 Å². The summed E-state index contributed by atoms with van der Waals surface area (Å²) < 4.78 is 0. The Morgan fingerprint density at radius 3 is 2.61 bits per heavy atom. The van der Waals surface area contributed by atoms with E-state index in [1.165, 1.54) is 25.7 Å². The maximum absolute atomic E-state index is 10.4. The molecule has 1 saturated carbocycles. The molecule has 0 amide bonds. The van der Waals surface area contributed by atoms with Crippen molar-refractivity contribution in [3.8, 4) is 11.5 Å². The lowest BCUT2D eigenvalue weighted by Gasteiger charge is -2.27. The van der Waals surface area contributed by atoms with Crippen molar-refractivity contribution in [1.29, 1.82) is 0 Å². The van der Waals surface area contributed by atoms with Crippen LogP contribution in [-0.2, 0) is 6.54 Å². The van der Waals surface area contributed by atoms with Gasteiger partial charge in [-0.05, 0) is 42.3 Å². The van der Waals surface area contributed by atoms with Crippen LogP contribution in [0.25, 0.3) is 10.8 Å². The van der Waals surface area contributed by atoms with Gasteiger partial charge >= 0.3 is 0 Å². The van der Waals surface area contributed by atoms with Crippen LogP contribution in [0.4, 0.5) is 0 Å². The number of benzene rings is 2. The van der Waals surface area contributed by atoms with E-state index in [2.05, 4.69) is 12.2 Å². The van der Waals surface area contributed by atoms with Gasteiger partial charge in [0.1, 0.15) is 11.5 Å². The van der Waals surface area contributed by atoms with Crippen LogP contribution in [-0.4, -0.2) is 16.3 Å². The summed E-state index contributed by atoms with van der Waals surface area (Å²) in [5.74, 6) is 1.34. The highest BCUT2D eigenvalue weighted by Gasteiger charge is 2.18. The molecule has 3 N–H and O–H groups in total. The van der Waals surface area contributed by atoms with Crippen molar-refractivity contribution in [1.82, 2.24) is 5.32 Å². The molecule has 0 radical (unpaired) electrons. The molecular weight excluding hydrogens is 333 g/mol. The first-order valence-corrected chi connectivity index (χ1v) is 7.80. The number of aromatic hydroxyl groups is 2. The lowest BCUT2D eigenvalue weighted by molar-refractivity contribution is 0.299. The van der Waals surface area contributed by atoms with Gasteiger partial charge in [-0.1, -0.05) is 31.9 Å². The molecule has 2 aromatic carbocycles. The molecule has 0 bridgehead atoms. The van der Waals surface area contributed by atoms with E-state index in [9.17, 15) is 10.2 Å². The number of fused-ring (bicyclic) bond motifs is 1. The Hall–Kier alpha value is -1.16. The number of nitrogens with one attached hydrogen (secondary N) is 1. The van der Waals surface area contributed by atoms with E-state index in [1.54, 1.807) is 18.2 Å². The summed E-state index contributed by atoms with van der Waals surface area (Å²) in [7, 11) is 0. The fourth-order valence-corrected chi connectivity index (χ4v) is 3.36. The standard InChI is InChI=1S/C18H23NO2.2ClH/c1-12-3-2-4-15(9-12)19-11-14-6-5-13-10-16(20)7-8-17(13)18(14)21;;/h5-8,10,12,15,19-21H,2-4,9,11H2,1H3;2*1H. The Bertz CT molecular complexity index is 648. The van der Waals surface area contributed by atoms with Gasteiger partial charge in [-0.2, -0.15) is 0 Å². The minimum absolute atomic E-state index is 0. The molecule has 5 heteroatoms. The average molecular weight is 358 g/mol. The highest BCUT2D eigenvalue weighted by Crippen LogP contribution is 2.31. The van der Waals surface area contributed by atoms with Crippen molar-refractivity contribution in [3.05, 3.63) is 35.9 Å². The van der Waals surface area contributed by atoms with Crippen molar-refractivity contribution < 1.29 is 10.2 Å². The topological polar surface area (TPSA) is 52.5 Å². The lowest BCUT2D eigenvalue weighted by Crippen LogP contribution is -2.33. The first-order chi connectivity index (χ1) is 10.1. The summed E-state index contributed by atoms with van der Waals surface area (Å²) in [5, 5.41) is 25.1. The van der Waals surface area contributed by atoms with Crippen LogP contribution in [0.3, 0.4) is 0 Å². The van der Waals surface area contributed by atoms with Crippen LogP contribution in [0.2, 0.25) is 0 Å². The summed E-state index contributed by atoms with van der Waals surface area (Å²) in [5.41, 5.74) is 0.923. The number of halogens is 2. The molecule has 1 fully saturated rings. The molecule has 0 aliphatic heterocycles. The van der Waals surface area contributed by atoms with E-state index in [0.29, 0.717) is 18.3 Å². The Morgan fingerprint density at radius 1 is 1.09 bits per heavy atom. The summed E-state index contributed by atoms with van der Waals surface area (Å²) in [4.78, 5) is 0. The Balaban J connectivity index is 0.00000132. The Labute approximate surface area is 149 Å². The van der Waals surface area contributed by atoms with Gasteiger partial charge < -0.3 is 15.5 Å². The molecule has 1 aliphatic carbocycles. The van der Waals surface area contributed by atoms with Crippen molar-refractivity contribution in [2.45, 2.75) is 45.2 Å². The van der Waals surface area contributed by atoms with Gasteiger partial charge in [0.05, 0.1) is 0 Å². The molecule has 3 rings (SSSR count). The summed E-state index contributed by atoms with van der Waals surface area (Å²) >= 11 is 0. The molecule has 0 saturated heterocycles.